The van der Waals surface area contributed by atoms with Gasteiger partial charge >= 0.3 is 0 Å². The van der Waals surface area contributed by atoms with Gasteiger partial charge in [-0.15, -0.1) is 24.8 Å². The molecule has 3 aromatic heterocycles. The Kier molecular flexibility index (Phi) is 8.41. The average Bonchev–Trinajstić information content (AvgIpc) is 3.20. The molecule has 0 aliphatic heterocycles. The summed E-state index contributed by atoms with van der Waals surface area (Å²) in [5.41, 5.74) is 7.86. The molecule has 0 saturated carbocycles. The van der Waals surface area contributed by atoms with E-state index in [9.17, 15) is 4.79 Å². The van der Waals surface area contributed by atoms with Crippen molar-refractivity contribution in [3.8, 4) is 11.5 Å². The predicted octanol–water partition coefficient (Wildman–Crippen LogP) is 1.27. The Morgan fingerprint density at radius 1 is 1.26 bits per heavy atom. The van der Waals surface area contributed by atoms with Crippen molar-refractivity contribution in [1.82, 2.24) is 35.5 Å². The van der Waals surface area contributed by atoms with Crippen LogP contribution in [0.25, 0.3) is 22.6 Å². The Morgan fingerprint density at radius 3 is 2.67 bits per heavy atom. The van der Waals surface area contributed by atoms with E-state index in [0.29, 0.717) is 41.2 Å². The second-order valence-corrected chi connectivity index (χ2v) is 5.45. The van der Waals surface area contributed by atoms with Crippen LogP contribution in [0, 0.1) is 0 Å². The number of rotatable bonds is 7. The highest BCUT2D eigenvalue weighted by Gasteiger charge is 2.22. The first kappa shape index (κ1) is 22.6. The molecule has 0 aliphatic carbocycles. The zero-order chi connectivity index (χ0) is 17.8. The van der Waals surface area contributed by atoms with Gasteiger partial charge in [0.2, 0.25) is 0 Å². The number of carbonyl (C=O) groups is 1. The minimum atomic E-state index is -0.193. The minimum Gasteiger partial charge on any atom is -0.379 e. The third kappa shape index (κ3) is 4.46. The molecule has 0 unspecified atom stereocenters. The monoisotopic (exact) mass is 416 g/mol. The second-order valence-electron chi connectivity index (χ2n) is 5.45. The Labute approximate surface area is 168 Å². The molecule has 3 rings (SSSR count). The molecule has 1 amide bonds. The molecule has 12 heteroatoms. The Morgan fingerprint density at radius 2 is 2.04 bits per heavy atom. The van der Waals surface area contributed by atoms with Gasteiger partial charge in [0.25, 0.3) is 5.91 Å². The Balaban J connectivity index is 0.00000182. The molecule has 0 aromatic carbocycles. The third-order valence-electron chi connectivity index (χ3n) is 3.83. The van der Waals surface area contributed by atoms with E-state index < -0.39 is 0 Å². The molecule has 3 heterocycles. The van der Waals surface area contributed by atoms with Crippen molar-refractivity contribution in [1.29, 1.82) is 0 Å². The van der Waals surface area contributed by atoms with Crippen LogP contribution in [0.1, 0.15) is 23.7 Å². The summed E-state index contributed by atoms with van der Waals surface area (Å²) in [5, 5.41) is 13.3. The van der Waals surface area contributed by atoms with Crippen LogP contribution in [0.5, 0.6) is 0 Å². The highest BCUT2D eigenvalue weighted by atomic mass is 35.5. The molecule has 0 radical (unpaired) electrons. The molecule has 0 atom stereocenters. The number of nitrogens with zero attached hydrogens (tertiary/aromatic N) is 5. The summed E-state index contributed by atoms with van der Waals surface area (Å²) in [4.78, 5) is 21.2. The van der Waals surface area contributed by atoms with Gasteiger partial charge in [-0.25, -0.2) is 9.61 Å². The molecule has 0 bridgehead atoms. The Hall–Kier alpha value is -2.43. The highest BCUT2D eigenvalue weighted by Crippen LogP contribution is 2.27. The van der Waals surface area contributed by atoms with Crippen molar-refractivity contribution < 1.29 is 9.42 Å². The predicted molar refractivity (Wildman–Crippen MR) is 106 cm³/mol. The Bertz CT molecular complexity index is 895. The molecule has 0 aliphatic rings. The number of imidazole rings is 1. The SMILES string of the molecule is CCn1c(-c2nonc2N)nc2cncc(C(=O)NCCCNC)c21.Cl.Cl. The number of aryl methyl sites for hydroxylation is 1. The maximum Gasteiger partial charge on any atom is 0.255 e. The van der Waals surface area contributed by atoms with Gasteiger partial charge < -0.3 is 20.9 Å². The average molecular weight is 417 g/mol. The van der Waals surface area contributed by atoms with Crippen LogP contribution in [-0.2, 0) is 6.54 Å². The first-order valence-electron chi connectivity index (χ1n) is 8.02. The normalized spacial score (nSPS) is 10.3. The lowest BCUT2D eigenvalue weighted by Gasteiger charge is -2.09. The maximum atomic E-state index is 12.6. The molecule has 10 nitrogen and oxygen atoms in total. The van der Waals surface area contributed by atoms with E-state index in [2.05, 4.69) is 35.5 Å². The van der Waals surface area contributed by atoms with E-state index in [4.69, 9.17) is 5.73 Å². The second kappa shape index (κ2) is 10.0. The van der Waals surface area contributed by atoms with Crippen LogP contribution in [0.3, 0.4) is 0 Å². The van der Waals surface area contributed by atoms with Gasteiger partial charge in [0.1, 0.15) is 5.52 Å². The van der Waals surface area contributed by atoms with Crippen molar-refractivity contribution in [2.75, 3.05) is 25.9 Å². The number of carbonyl (C=O) groups excluding carboxylic acids is 1. The summed E-state index contributed by atoms with van der Waals surface area (Å²) in [6, 6.07) is 0. The third-order valence-corrected chi connectivity index (χ3v) is 3.83. The number of nitrogen functional groups attached to an aromatic ring is 1. The molecule has 148 valence electrons. The highest BCUT2D eigenvalue weighted by molar-refractivity contribution is 6.05. The van der Waals surface area contributed by atoms with E-state index >= 15 is 0 Å². The van der Waals surface area contributed by atoms with Crippen molar-refractivity contribution in [3.63, 3.8) is 0 Å². The lowest BCUT2D eigenvalue weighted by atomic mass is 10.2. The van der Waals surface area contributed by atoms with E-state index in [-0.39, 0.29) is 36.5 Å². The zero-order valence-electron chi connectivity index (χ0n) is 14.9. The number of hydrogen-bond donors (Lipinski definition) is 3. The van der Waals surface area contributed by atoms with E-state index in [1.54, 1.807) is 6.20 Å². The van der Waals surface area contributed by atoms with Crippen LogP contribution in [0.2, 0.25) is 0 Å². The minimum absolute atomic E-state index is 0. The fraction of sp³-hybridized carbons (Fsp3) is 0.400. The molecule has 0 spiro atoms. The molecule has 3 aromatic rings. The topological polar surface area (TPSA) is 137 Å². The molecule has 0 fully saturated rings. The van der Waals surface area contributed by atoms with Gasteiger partial charge in [0.05, 0.1) is 17.3 Å². The van der Waals surface area contributed by atoms with Crippen LogP contribution in [0.15, 0.2) is 17.0 Å². The lowest BCUT2D eigenvalue weighted by Crippen LogP contribution is -2.27. The van der Waals surface area contributed by atoms with Gasteiger partial charge in [-0.1, -0.05) is 0 Å². The van der Waals surface area contributed by atoms with Gasteiger partial charge in [-0.3, -0.25) is 9.78 Å². The van der Waals surface area contributed by atoms with Gasteiger partial charge in [0.15, 0.2) is 17.3 Å². The first-order valence-corrected chi connectivity index (χ1v) is 8.02. The summed E-state index contributed by atoms with van der Waals surface area (Å²) < 4.78 is 6.53. The quantitative estimate of drug-likeness (QED) is 0.489. The number of anilines is 1. The van der Waals surface area contributed by atoms with E-state index in [1.807, 2.05) is 18.5 Å². The number of nitrogens with one attached hydrogen (secondary N) is 2. The lowest BCUT2D eigenvalue weighted by molar-refractivity contribution is 0.0954. The van der Waals surface area contributed by atoms with Crippen molar-refractivity contribution in [2.45, 2.75) is 19.9 Å². The standard InChI is InChI=1S/C15H20N8O2.2ClH/c1-3-23-12-9(15(24)19-6-4-5-17-2)7-18-8-10(12)20-14(23)11-13(16)22-25-21-11;;/h7-8,17H,3-6H2,1-2H3,(H2,16,22)(H,19,24);2*1H. The number of hydrogen-bond acceptors (Lipinski definition) is 8. The van der Waals surface area contributed by atoms with E-state index in [0.717, 1.165) is 13.0 Å². The summed E-state index contributed by atoms with van der Waals surface area (Å²) in [5.74, 6) is 0.450. The van der Waals surface area contributed by atoms with E-state index in [1.165, 1.54) is 6.20 Å². The number of fused-ring (bicyclic) bond motifs is 1. The smallest absolute Gasteiger partial charge is 0.255 e. The maximum absolute atomic E-state index is 12.6. The van der Waals surface area contributed by atoms with Crippen molar-refractivity contribution in [3.05, 3.63) is 18.0 Å². The van der Waals surface area contributed by atoms with Crippen LogP contribution in [0.4, 0.5) is 5.82 Å². The molecule has 4 N–H and O–H groups in total. The van der Waals surface area contributed by atoms with Crippen LogP contribution >= 0.6 is 24.8 Å². The zero-order valence-corrected chi connectivity index (χ0v) is 16.6. The largest absolute Gasteiger partial charge is 0.379 e. The van der Waals surface area contributed by atoms with Crippen LogP contribution < -0.4 is 16.4 Å². The van der Waals surface area contributed by atoms with Crippen LogP contribution in [-0.4, -0.2) is 50.9 Å². The fourth-order valence-electron chi connectivity index (χ4n) is 2.66. The van der Waals surface area contributed by atoms with Crippen molar-refractivity contribution >= 4 is 47.6 Å². The molecule has 0 saturated heterocycles. The molecular formula is C15H22Cl2N8O2. The number of amides is 1. The summed E-state index contributed by atoms with van der Waals surface area (Å²) in [7, 11) is 1.87. The van der Waals surface area contributed by atoms with Crippen molar-refractivity contribution in [2.24, 2.45) is 0 Å². The molecule has 27 heavy (non-hydrogen) atoms. The molecular weight excluding hydrogens is 395 g/mol. The number of nitrogens with two attached hydrogens (primary N) is 1. The van der Waals surface area contributed by atoms with Gasteiger partial charge in [0, 0.05) is 19.3 Å². The number of pyridine rings is 1. The number of halogens is 2. The summed E-state index contributed by atoms with van der Waals surface area (Å²) in [6.45, 7) is 3.92. The van der Waals surface area contributed by atoms with Gasteiger partial charge in [-0.2, -0.15) is 0 Å². The summed E-state index contributed by atoms with van der Waals surface area (Å²) in [6.07, 6.45) is 3.98. The first-order chi connectivity index (χ1) is 12.2. The van der Waals surface area contributed by atoms with Gasteiger partial charge in [-0.05, 0) is 37.3 Å². The fourth-order valence-corrected chi connectivity index (χ4v) is 2.66. The summed E-state index contributed by atoms with van der Waals surface area (Å²) >= 11 is 0. The number of aromatic nitrogens is 5.